The van der Waals surface area contributed by atoms with Crippen molar-refractivity contribution in [2.24, 2.45) is 0 Å². The lowest BCUT2D eigenvalue weighted by Crippen LogP contribution is -2.50. The number of hydrogen-bond donors (Lipinski definition) is 1. The summed E-state index contributed by atoms with van der Waals surface area (Å²) in [6.45, 7) is 11.0. The molecule has 0 amide bonds. The van der Waals surface area contributed by atoms with Crippen LogP contribution in [0.25, 0.3) is 0 Å². The Kier molecular flexibility index (Phi) is 4.90. The van der Waals surface area contributed by atoms with Crippen LogP contribution in [0.2, 0.25) is 0 Å². The molecule has 0 unspecified atom stereocenters. The molecule has 0 aromatic heterocycles. The van der Waals surface area contributed by atoms with Gasteiger partial charge < -0.3 is 5.43 Å². The molecule has 0 heterocycles. The van der Waals surface area contributed by atoms with Crippen LogP contribution in [0.5, 0.6) is 0 Å². The molecule has 1 N–H and O–H groups in total. The molecule has 0 spiro atoms. The quantitative estimate of drug-likeness (QED) is 0.605. The van der Waals surface area contributed by atoms with Crippen molar-refractivity contribution < 1.29 is 0 Å². The Morgan fingerprint density at radius 1 is 1.55 bits per heavy atom. The third kappa shape index (κ3) is 3.39. The van der Waals surface area contributed by atoms with Crippen LogP contribution in [0.3, 0.4) is 0 Å². The molecule has 0 aromatic carbocycles. The summed E-state index contributed by atoms with van der Waals surface area (Å²) in [5, 5.41) is 4.14. The van der Waals surface area contributed by atoms with Gasteiger partial charge in [0.05, 0.1) is 0 Å². The predicted molar refractivity (Wildman–Crippen MR) is 48.6 cm³/mol. The van der Waals surface area contributed by atoms with Gasteiger partial charge in [0.2, 0.25) is 0 Å². The first kappa shape index (κ1) is 10.5. The standard InChI is InChI=1S/C8H19N3/c1-6-9-11(8(3)4)10(5)7-2/h6,8-9H,1,7H2,2-5H3. The van der Waals surface area contributed by atoms with Gasteiger partial charge in [0.25, 0.3) is 0 Å². The van der Waals surface area contributed by atoms with Gasteiger partial charge in [0.1, 0.15) is 0 Å². The van der Waals surface area contributed by atoms with E-state index in [4.69, 9.17) is 0 Å². The molecule has 0 saturated heterocycles. The average Bonchev–Trinajstić information content (AvgIpc) is 1.98. The van der Waals surface area contributed by atoms with Crippen LogP contribution in [0.4, 0.5) is 0 Å². The van der Waals surface area contributed by atoms with Crippen LogP contribution >= 0.6 is 0 Å². The molecular formula is C8H19N3. The lowest BCUT2D eigenvalue weighted by atomic mass is 10.4. The highest BCUT2D eigenvalue weighted by molar-refractivity contribution is 4.63. The van der Waals surface area contributed by atoms with Crippen LogP contribution in [-0.4, -0.2) is 29.8 Å². The minimum atomic E-state index is 0.443. The van der Waals surface area contributed by atoms with Crippen molar-refractivity contribution in [2.45, 2.75) is 26.8 Å². The van der Waals surface area contributed by atoms with E-state index in [1.54, 1.807) is 6.20 Å². The molecule has 0 aliphatic heterocycles. The van der Waals surface area contributed by atoms with Crippen LogP contribution in [0.1, 0.15) is 20.8 Å². The molecular weight excluding hydrogens is 138 g/mol. The van der Waals surface area contributed by atoms with Crippen molar-refractivity contribution in [3.8, 4) is 0 Å². The van der Waals surface area contributed by atoms with Crippen molar-refractivity contribution in [3.63, 3.8) is 0 Å². The lowest BCUT2D eigenvalue weighted by Gasteiger charge is -2.33. The Labute approximate surface area is 69.6 Å². The molecule has 3 heteroatoms. The molecule has 0 aliphatic carbocycles. The lowest BCUT2D eigenvalue weighted by molar-refractivity contribution is -0.0580. The molecule has 0 aliphatic rings. The fraction of sp³-hybridized carbons (Fsp3) is 0.750. The van der Waals surface area contributed by atoms with Crippen LogP contribution in [0.15, 0.2) is 12.8 Å². The summed E-state index contributed by atoms with van der Waals surface area (Å²) in [5.41, 5.74) is 3.06. The van der Waals surface area contributed by atoms with E-state index in [-0.39, 0.29) is 0 Å². The number of nitrogens with one attached hydrogen (secondary N) is 1. The Hall–Kier alpha value is -0.540. The molecule has 11 heavy (non-hydrogen) atoms. The summed E-state index contributed by atoms with van der Waals surface area (Å²) in [6, 6.07) is 0.443. The predicted octanol–water partition coefficient (Wildman–Crippen LogP) is 1.21. The zero-order valence-corrected chi connectivity index (χ0v) is 7.96. The van der Waals surface area contributed by atoms with E-state index in [9.17, 15) is 0 Å². The van der Waals surface area contributed by atoms with Gasteiger partial charge in [0.15, 0.2) is 0 Å². The maximum Gasteiger partial charge on any atom is 0.0395 e. The first-order valence-electron chi connectivity index (χ1n) is 4.00. The molecule has 66 valence electrons. The fourth-order valence-corrected chi connectivity index (χ4v) is 0.888. The summed E-state index contributed by atoms with van der Waals surface area (Å²) in [6.07, 6.45) is 1.69. The first-order chi connectivity index (χ1) is 5.13. The van der Waals surface area contributed by atoms with Crippen LogP contribution < -0.4 is 5.43 Å². The van der Waals surface area contributed by atoms with Crippen LogP contribution in [-0.2, 0) is 0 Å². The Bertz CT molecular complexity index is 112. The summed E-state index contributed by atoms with van der Waals surface area (Å²) < 4.78 is 0. The Morgan fingerprint density at radius 3 is 2.36 bits per heavy atom. The van der Waals surface area contributed by atoms with Gasteiger partial charge in [-0.1, -0.05) is 13.5 Å². The summed E-state index contributed by atoms with van der Waals surface area (Å²) >= 11 is 0. The second-order valence-corrected chi connectivity index (χ2v) is 2.75. The van der Waals surface area contributed by atoms with Crippen LogP contribution in [0, 0.1) is 0 Å². The zero-order valence-electron chi connectivity index (χ0n) is 7.96. The van der Waals surface area contributed by atoms with Gasteiger partial charge in [0, 0.05) is 25.8 Å². The minimum Gasteiger partial charge on any atom is -0.313 e. The monoisotopic (exact) mass is 157 g/mol. The highest BCUT2D eigenvalue weighted by atomic mass is 15.8. The van der Waals surface area contributed by atoms with E-state index in [1.807, 2.05) is 12.2 Å². The van der Waals surface area contributed by atoms with Gasteiger partial charge in [-0.2, -0.15) is 5.12 Å². The number of hydrazine groups is 2. The number of hydrogen-bond acceptors (Lipinski definition) is 3. The highest BCUT2D eigenvalue weighted by Crippen LogP contribution is 1.96. The minimum absolute atomic E-state index is 0.443. The van der Waals surface area contributed by atoms with Crippen molar-refractivity contribution in [1.82, 2.24) is 15.6 Å². The summed E-state index contributed by atoms with van der Waals surface area (Å²) in [7, 11) is 2.04. The SMILES string of the molecule is C=CNN(C(C)C)N(C)CC. The molecule has 0 aromatic rings. The molecule has 0 bridgehead atoms. The van der Waals surface area contributed by atoms with E-state index in [0.717, 1.165) is 6.54 Å². The third-order valence-electron chi connectivity index (χ3n) is 1.54. The van der Waals surface area contributed by atoms with E-state index in [0.29, 0.717) is 6.04 Å². The first-order valence-corrected chi connectivity index (χ1v) is 4.00. The second kappa shape index (κ2) is 5.16. The maximum atomic E-state index is 3.62. The number of nitrogens with zero attached hydrogens (tertiary/aromatic N) is 2. The molecule has 0 radical (unpaired) electrons. The molecule has 3 nitrogen and oxygen atoms in total. The van der Waals surface area contributed by atoms with Crippen molar-refractivity contribution in [2.75, 3.05) is 13.6 Å². The van der Waals surface area contributed by atoms with E-state index >= 15 is 0 Å². The van der Waals surface area contributed by atoms with Gasteiger partial charge >= 0.3 is 0 Å². The summed E-state index contributed by atoms with van der Waals surface area (Å²) in [4.78, 5) is 0. The molecule has 0 fully saturated rings. The van der Waals surface area contributed by atoms with Crippen molar-refractivity contribution in [1.29, 1.82) is 0 Å². The zero-order chi connectivity index (χ0) is 8.85. The van der Waals surface area contributed by atoms with Gasteiger partial charge in [-0.3, -0.25) is 0 Å². The average molecular weight is 157 g/mol. The Morgan fingerprint density at radius 2 is 2.09 bits per heavy atom. The summed E-state index contributed by atoms with van der Waals surface area (Å²) in [5.74, 6) is 0. The second-order valence-electron chi connectivity index (χ2n) is 2.75. The number of rotatable bonds is 5. The normalized spacial score (nSPS) is 11.2. The fourth-order valence-electron chi connectivity index (χ4n) is 0.888. The third-order valence-corrected chi connectivity index (χ3v) is 1.54. The Balaban J connectivity index is 3.96. The van der Waals surface area contributed by atoms with E-state index in [2.05, 4.69) is 37.8 Å². The van der Waals surface area contributed by atoms with Gasteiger partial charge in [-0.15, -0.1) is 0 Å². The van der Waals surface area contributed by atoms with Crippen molar-refractivity contribution >= 4 is 0 Å². The topological polar surface area (TPSA) is 18.5 Å². The molecule has 0 rings (SSSR count). The van der Waals surface area contributed by atoms with Gasteiger partial charge in [-0.05, 0) is 13.8 Å². The largest absolute Gasteiger partial charge is 0.313 e. The smallest absolute Gasteiger partial charge is 0.0395 e. The molecule has 0 saturated carbocycles. The molecule has 0 atom stereocenters. The van der Waals surface area contributed by atoms with E-state index in [1.165, 1.54) is 0 Å². The maximum absolute atomic E-state index is 3.62. The van der Waals surface area contributed by atoms with Gasteiger partial charge in [-0.25, -0.2) is 5.01 Å². The van der Waals surface area contributed by atoms with E-state index < -0.39 is 0 Å². The van der Waals surface area contributed by atoms with Crippen molar-refractivity contribution in [3.05, 3.63) is 12.8 Å². The highest BCUT2D eigenvalue weighted by Gasteiger charge is 2.10.